The maximum atomic E-state index is 4.91. The van der Waals surface area contributed by atoms with Crippen molar-refractivity contribution in [3.05, 3.63) is 21.2 Å². The van der Waals surface area contributed by atoms with Crippen molar-refractivity contribution in [2.75, 3.05) is 12.4 Å². The molecule has 0 atom stereocenters. The number of aromatic nitrogens is 3. The molecule has 78 valence electrons. The van der Waals surface area contributed by atoms with Crippen LogP contribution >= 0.6 is 31.9 Å². The number of anilines is 1. The average molecular weight is 334 g/mol. The Morgan fingerprint density at radius 3 is 2.80 bits per heavy atom. The minimum absolute atomic E-state index is 0.363. The molecular formula is C8H6Br2N4O. The van der Waals surface area contributed by atoms with Gasteiger partial charge < -0.3 is 9.84 Å². The normalized spacial score (nSPS) is 10.3. The molecule has 2 aromatic rings. The van der Waals surface area contributed by atoms with Crippen molar-refractivity contribution in [1.29, 1.82) is 0 Å². The Morgan fingerprint density at radius 1 is 1.40 bits per heavy atom. The van der Waals surface area contributed by atoms with Crippen LogP contribution in [0.1, 0.15) is 0 Å². The van der Waals surface area contributed by atoms with Crippen molar-refractivity contribution >= 4 is 37.9 Å². The molecule has 0 aromatic carbocycles. The molecule has 0 saturated carbocycles. The summed E-state index contributed by atoms with van der Waals surface area (Å²) in [4.78, 5) is 8.28. The van der Waals surface area contributed by atoms with Gasteiger partial charge in [0, 0.05) is 22.2 Å². The van der Waals surface area contributed by atoms with Crippen LogP contribution in [0.15, 0.2) is 25.7 Å². The molecule has 0 aliphatic rings. The van der Waals surface area contributed by atoms with Crippen LogP contribution < -0.4 is 5.32 Å². The molecule has 0 amide bonds. The number of rotatable bonds is 2. The lowest BCUT2D eigenvalue weighted by Gasteiger charge is -1.97. The van der Waals surface area contributed by atoms with Crippen molar-refractivity contribution in [1.82, 2.24) is 15.1 Å². The van der Waals surface area contributed by atoms with E-state index in [-0.39, 0.29) is 0 Å². The van der Waals surface area contributed by atoms with Gasteiger partial charge in [-0.15, -0.1) is 0 Å². The van der Waals surface area contributed by atoms with E-state index in [9.17, 15) is 0 Å². The van der Waals surface area contributed by atoms with Crippen molar-refractivity contribution in [2.45, 2.75) is 0 Å². The van der Waals surface area contributed by atoms with Crippen LogP contribution in [0, 0.1) is 0 Å². The second-order valence-electron chi connectivity index (χ2n) is 2.66. The first-order chi connectivity index (χ1) is 7.20. The molecule has 2 heterocycles. The number of pyridine rings is 1. The molecule has 1 N–H and O–H groups in total. The van der Waals surface area contributed by atoms with Gasteiger partial charge >= 0.3 is 6.01 Å². The van der Waals surface area contributed by atoms with Crippen LogP contribution in [0.2, 0.25) is 0 Å². The maximum absolute atomic E-state index is 4.91. The van der Waals surface area contributed by atoms with Crippen molar-refractivity contribution in [3.63, 3.8) is 0 Å². The van der Waals surface area contributed by atoms with Crippen LogP contribution in [-0.4, -0.2) is 22.2 Å². The van der Waals surface area contributed by atoms with Gasteiger partial charge in [0.15, 0.2) is 0 Å². The van der Waals surface area contributed by atoms with Crippen LogP contribution in [0.3, 0.4) is 0 Å². The number of hydrogen-bond donors (Lipinski definition) is 1. The minimum atomic E-state index is 0.363. The van der Waals surface area contributed by atoms with Crippen LogP contribution in [0.4, 0.5) is 6.01 Å². The standard InChI is InChI=1S/C8H6Br2N4O/c1-11-8-13-7(14-15-8)6-5(10)2-4(9)3-12-6/h2-3H,1H3,(H,11,13,14). The average Bonchev–Trinajstić information content (AvgIpc) is 2.66. The second kappa shape index (κ2) is 4.28. The Balaban J connectivity index is 2.44. The predicted octanol–water partition coefficient (Wildman–Crippen LogP) is 2.70. The number of nitrogens with zero attached hydrogens (tertiary/aromatic N) is 3. The molecule has 0 spiro atoms. The predicted molar refractivity (Wildman–Crippen MR) is 62.5 cm³/mol. The van der Waals surface area contributed by atoms with E-state index in [4.69, 9.17) is 4.52 Å². The zero-order valence-corrected chi connectivity index (χ0v) is 10.8. The van der Waals surface area contributed by atoms with Gasteiger partial charge in [0.2, 0.25) is 5.82 Å². The molecule has 0 radical (unpaired) electrons. The topological polar surface area (TPSA) is 63.8 Å². The van der Waals surface area contributed by atoms with E-state index in [1.54, 1.807) is 13.2 Å². The first-order valence-electron chi connectivity index (χ1n) is 4.03. The van der Waals surface area contributed by atoms with Gasteiger partial charge in [0.05, 0.1) is 0 Å². The largest absolute Gasteiger partial charge is 0.341 e. The highest BCUT2D eigenvalue weighted by Crippen LogP contribution is 2.26. The zero-order chi connectivity index (χ0) is 10.8. The van der Waals surface area contributed by atoms with Crippen LogP contribution in [-0.2, 0) is 0 Å². The van der Waals surface area contributed by atoms with Crippen LogP contribution in [0.5, 0.6) is 0 Å². The van der Waals surface area contributed by atoms with Gasteiger partial charge in [-0.2, -0.15) is 4.98 Å². The molecule has 0 unspecified atom stereocenters. The Hall–Kier alpha value is -0.950. The van der Waals surface area contributed by atoms with Gasteiger partial charge in [0.1, 0.15) is 5.69 Å². The van der Waals surface area contributed by atoms with Crippen molar-refractivity contribution in [2.24, 2.45) is 0 Å². The molecule has 15 heavy (non-hydrogen) atoms. The molecule has 0 aliphatic carbocycles. The number of halogens is 2. The van der Waals surface area contributed by atoms with Gasteiger partial charge in [0.25, 0.3) is 0 Å². The van der Waals surface area contributed by atoms with Gasteiger partial charge in [-0.25, -0.2) is 0 Å². The molecule has 2 rings (SSSR count). The van der Waals surface area contributed by atoms with E-state index in [2.05, 4.69) is 52.3 Å². The van der Waals surface area contributed by atoms with Gasteiger partial charge in [-0.1, -0.05) is 5.16 Å². The second-order valence-corrected chi connectivity index (χ2v) is 4.43. The van der Waals surface area contributed by atoms with E-state index >= 15 is 0 Å². The van der Waals surface area contributed by atoms with Crippen molar-refractivity contribution < 1.29 is 4.52 Å². The first kappa shape index (κ1) is 10.6. The van der Waals surface area contributed by atoms with E-state index in [0.717, 1.165) is 8.95 Å². The molecule has 0 bridgehead atoms. The van der Waals surface area contributed by atoms with E-state index in [1.807, 2.05) is 6.07 Å². The Kier molecular flexibility index (Phi) is 3.01. The SMILES string of the molecule is CNc1nc(-c2ncc(Br)cc2Br)no1. The molecule has 0 aliphatic heterocycles. The summed E-state index contributed by atoms with van der Waals surface area (Å²) >= 11 is 6.70. The zero-order valence-electron chi connectivity index (χ0n) is 7.66. The lowest BCUT2D eigenvalue weighted by Crippen LogP contribution is -1.89. The molecular weight excluding hydrogens is 328 g/mol. The summed E-state index contributed by atoms with van der Waals surface area (Å²) in [5.74, 6) is 0.443. The first-order valence-corrected chi connectivity index (χ1v) is 5.62. The highest BCUT2D eigenvalue weighted by Gasteiger charge is 2.12. The summed E-state index contributed by atoms with van der Waals surface area (Å²) in [5, 5.41) is 6.55. The lowest BCUT2D eigenvalue weighted by atomic mass is 10.3. The summed E-state index contributed by atoms with van der Waals surface area (Å²) in [6, 6.07) is 2.24. The quantitative estimate of drug-likeness (QED) is 0.915. The highest BCUT2D eigenvalue weighted by molar-refractivity contribution is 9.11. The fourth-order valence-electron chi connectivity index (χ4n) is 1.00. The molecule has 2 aromatic heterocycles. The highest BCUT2D eigenvalue weighted by atomic mass is 79.9. The molecule has 0 fully saturated rings. The third-order valence-corrected chi connectivity index (χ3v) is 2.70. The minimum Gasteiger partial charge on any atom is -0.341 e. The number of hydrogen-bond acceptors (Lipinski definition) is 5. The summed E-state index contributed by atoms with van der Waals surface area (Å²) in [6.45, 7) is 0. The fraction of sp³-hybridized carbons (Fsp3) is 0.125. The summed E-state index contributed by atoms with van der Waals surface area (Å²) < 4.78 is 6.60. The fourth-order valence-corrected chi connectivity index (χ4v) is 2.17. The molecule has 0 saturated heterocycles. The molecule has 7 heteroatoms. The molecule has 5 nitrogen and oxygen atoms in total. The summed E-state index contributed by atoms with van der Waals surface area (Å²) in [5.41, 5.74) is 0.642. The van der Waals surface area contributed by atoms with E-state index in [1.165, 1.54) is 0 Å². The smallest absolute Gasteiger partial charge is 0.321 e. The maximum Gasteiger partial charge on any atom is 0.321 e. The third-order valence-electron chi connectivity index (χ3n) is 1.66. The summed E-state index contributed by atoms with van der Waals surface area (Å²) in [7, 11) is 1.71. The van der Waals surface area contributed by atoms with Gasteiger partial charge in [-0.3, -0.25) is 4.98 Å². The monoisotopic (exact) mass is 332 g/mol. The Bertz CT molecular complexity index is 485. The van der Waals surface area contributed by atoms with Crippen LogP contribution in [0.25, 0.3) is 11.5 Å². The Labute approximate surface area is 103 Å². The van der Waals surface area contributed by atoms with E-state index < -0.39 is 0 Å². The van der Waals surface area contributed by atoms with Gasteiger partial charge in [-0.05, 0) is 37.9 Å². The lowest BCUT2D eigenvalue weighted by molar-refractivity contribution is 0.434. The third kappa shape index (κ3) is 2.18. The van der Waals surface area contributed by atoms with Crippen molar-refractivity contribution in [3.8, 4) is 11.5 Å². The summed E-state index contributed by atoms with van der Waals surface area (Å²) in [6.07, 6.45) is 1.68. The van der Waals surface area contributed by atoms with E-state index in [0.29, 0.717) is 17.5 Å². The number of nitrogens with one attached hydrogen (secondary N) is 1. The Morgan fingerprint density at radius 2 is 2.20 bits per heavy atom.